The van der Waals surface area contributed by atoms with Crippen molar-refractivity contribution in [3.63, 3.8) is 0 Å². The fourth-order valence-electron chi connectivity index (χ4n) is 1.61. The second-order valence-electron chi connectivity index (χ2n) is 4.11. The summed E-state index contributed by atoms with van der Waals surface area (Å²) in [7, 11) is 1.66. The van der Waals surface area contributed by atoms with Crippen LogP contribution in [0.1, 0.15) is 29.6 Å². The molecule has 0 aromatic heterocycles. The van der Waals surface area contributed by atoms with Crippen LogP contribution in [-0.2, 0) is 0 Å². The fourth-order valence-corrected chi connectivity index (χ4v) is 1.82. The number of aliphatic hydroxyl groups is 1. The van der Waals surface area contributed by atoms with Crippen LogP contribution in [0.3, 0.4) is 0 Å². The average molecular weight is 274 g/mol. The van der Waals surface area contributed by atoms with Gasteiger partial charge in [-0.2, -0.15) is 0 Å². The van der Waals surface area contributed by atoms with Crippen molar-refractivity contribution in [1.82, 2.24) is 4.90 Å². The lowest BCUT2D eigenvalue weighted by Crippen LogP contribution is -2.28. The van der Waals surface area contributed by atoms with E-state index in [1.807, 2.05) is 0 Å². The van der Waals surface area contributed by atoms with E-state index >= 15 is 0 Å². The number of amides is 1. The number of hydrogen-bond donors (Lipinski definition) is 1. The summed E-state index contributed by atoms with van der Waals surface area (Å²) in [6.45, 7) is 0.721. The van der Waals surface area contributed by atoms with Gasteiger partial charge in [-0.1, -0.05) is 17.7 Å². The average Bonchev–Trinajstić information content (AvgIpc) is 2.37. The quantitative estimate of drug-likeness (QED) is 0.810. The number of carbonyl (C=O) groups excluding carboxylic acids is 1. The molecule has 3 nitrogen and oxygen atoms in total. The highest BCUT2D eigenvalue weighted by Crippen LogP contribution is 2.20. The van der Waals surface area contributed by atoms with Crippen molar-refractivity contribution in [2.75, 3.05) is 20.2 Å². The van der Waals surface area contributed by atoms with Crippen molar-refractivity contribution in [2.24, 2.45) is 0 Å². The molecule has 1 N–H and O–H groups in total. The largest absolute Gasteiger partial charge is 0.396 e. The van der Waals surface area contributed by atoms with Crippen LogP contribution >= 0.6 is 11.6 Å². The Hall–Kier alpha value is -1.13. The molecule has 0 saturated carbocycles. The van der Waals surface area contributed by atoms with Gasteiger partial charge in [0.05, 0.1) is 10.6 Å². The normalized spacial score (nSPS) is 10.4. The Bertz CT molecular complexity index is 412. The maximum Gasteiger partial charge on any atom is 0.255 e. The fraction of sp³-hybridized carbons (Fsp3) is 0.462. The molecule has 5 heteroatoms. The van der Waals surface area contributed by atoms with Crippen molar-refractivity contribution < 1.29 is 14.3 Å². The molecule has 0 heterocycles. The Morgan fingerprint density at radius 3 is 2.78 bits per heavy atom. The molecule has 18 heavy (non-hydrogen) atoms. The van der Waals surface area contributed by atoms with Crippen LogP contribution in [0.25, 0.3) is 0 Å². The Morgan fingerprint density at radius 1 is 1.39 bits per heavy atom. The van der Waals surface area contributed by atoms with Crippen molar-refractivity contribution >= 4 is 17.5 Å². The SMILES string of the molecule is CN(CCCCCO)C(=O)c1cccc(F)c1Cl. The van der Waals surface area contributed by atoms with Crippen LogP contribution < -0.4 is 0 Å². The lowest BCUT2D eigenvalue weighted by molar-refractivity contribution is 0.0792. The minimum atomic E-state index is -0.587. The molecule has 0 spiro atoms. The van der Waals surface area contributed by atoms with E-state index in [4.69, 9.17) is 16.7 Å². The van der Waals surface area contributed by atoms with Crippen LogP contribution in [0.4, 0.5) is 4.39 Å². The molecule has 0 aliphatic carbocycles. The van der Waals surface area contributed by atoms with E-state index < -0.39 is 5.82 Å². The summed E-state index contributed by atoms with van der Waals surface area (Å²) in [5, 5.41) is 8.51. The smallest absolute Gasteiger partial charge is 0.255 e. The molecule has 0 aliphatic heterocycles. The number of halogens is 2. The van der Waals surface area contributed by atoms with Gasteiger partial charge < -0.3 is 10.0 Å². The lowest BCUT2D eigenvalue weighted by Gasteiger charge is -2.17. The Kier molecular flexibility index (Phi) is 6.09. The van der Waals surface area contributed by atoms with Gasteiger partial charge in [0.1, 0.15) is 5.82 Å². The second-order valence-corrected chi connectivity index (χ2v) is 4.49. The first-order valence-electron chi connectivity index (χ1n) is 5.88. The van der Waals surface area contributed by atoms with E-state index in [0.29, 0.717) is 6.54 Å². The van der Waals surface area contributed by atoms with E-state index in [9.17, 15) is 9.18 Å². The molecule has 0 aliphatic rings. The summed E-state index contributed by atoms with van der Waals surface area (Å²) in [5.41, 5.74) is 0.182. The molecule has 0 atom stereocenters. The second kappa shape index (κ2) is 7.34. The minimum absolute atomic E-state index is 0.135. The number of nitrogens with zero attached hydrogens (tertiary/aromatic N) is 1. The number of unbranched alkanes of at least 4 members (excludes halogenated alkanes) is 2. The summed E-state index contributed by atoms with van der Waals surface area (Å²) in [5.74, 6) is -0.875. The van der Waals surface area contributed by atoms with Gasteiger partial charge in [-0.05, 0) is 31.4 Å². The van der Waals surface area contributed by atoms with Crippen molar-refractivity contribution in [3.8, 4) is 0 Å². The van der Waals surface area contributed by atoms with Gasteiger partial charge in [-0.25, -0.2) is 4.39 Å². The lowest BCUT2D eigenvalue weighted by atomic mass is 10.2. The van der Waals surface area contributed by atoms with E-state index in [-0.39, 0.29) is 23.1 Å². The maximum absolute atomic E-state index is 13.2. The third-order valence-electron chi connectivity index (χ3n) is 2.68. The monoisotopic (exact) mass is 273 g/mol. The Morgan fingerprint density at radius 2 is 2.11 bits per heavy atom. The molecule has 100 valence electrons. The van der Waals surface area contributed by atoms with Crippen LogP contribution in [0, 0.1) is 5.82 Å². The first-order chi connectivity index (χ1) is 8.57. The Labute approximate surface area is 111 Å². The summed E-state index contributed by atoms with van der Waals surface area (Å²) in [6.07, 6.45) is 2.38. The first-order valence-corrected chi connectivity index (χ1v) is 6.26. The first kappa shape index (κ1) is 14.9. The zero-order valence-corrected chi connectivity index (χ0v) is 11.1. The molecular weight excluding hydrogens is 257 g/mol. The van der Waals surface area contributed by atoms with Gasteiger partial charge in [0.25, 0.3) is 5.91 Å². The molecule has 1 aromatic rings. The van der Waals surface area contributed by atoms with E-state index in [2.05, 4.69) is 0 Å². The van der Waals surface area contributed by atoms with Crippen molar-refractivity contribution in [3.05, 3.63) is 34.6 Å². The molecule has 0 bridgehead atoms. The highest BCUT2D eigenvalue weighted by Gasteiger charge is 2.16. The van der Waals surface area contributed by atoms with Gasteiger partial charge in [-0.15, -0.1) is 0 Å². The summed E-state index contributed by atoms with van der Waals surface area (Å²) < 4.78 is 13.2. The summed E-state index contributed by atoms with van der Waals surface area (Å²) >= 11 is 5.76. The van der Waals surface area contributed by atoms with Crippen LogP contribution in [0.15, 0.2) is 18.2 Å². The third-order valence-corrected chi connectivity index (χ3v) is 3.06. The third kappa shape index (κ3) is 3.96. The number of rotatable bonds is 6. The Balaban J connectivity index is 2.60. The summed E-state index contributed by atoms with van der Waals surface area (Å²) in [6, 6.07) is 4.20. The van der Waals surface area contributed by atoms with Gasteiger partial charge in [0, 0.05) is 20.2 Å². The standard InChI is InChI=1S/C13H17ClFNO2/c1-16(8-3-2-4-9-17)13(18)10-6-5-7-11(15)12(10)14/h5-7,17H,2-4,8-9H2,1H3. The summed E-state index contributed by atoms with van der Waals surface area (Å²) in [4.78, 5) is 13.5. The molecule has 0 radical (unpaired) electrons. The highest BCUT2D eigenvalue weighted by atomic mass is 35.5. The molecule has 0 unspecified atom stereocenters. The zero-order chi connectivity index (χ0) is 13.5. The zero-order valence-electron chi connectivity index (χ0n) is 10.3. The van der Waals surface area contributed by atoms with Crippen molar-refractivity contribution in [1.29, 1.82) is 0 Å². The van der Waals surface area contributed by atoms with Crippen LogP contribution in [0.2, 0.25) is 5.02 Å². The minimum Gasteiger partial charge on any atom is -0.396 e. The topological polar surface area (TPSA) is 40.5 Å². The maximum atomic E-state index is 13.2. The predicted octanol–water partition coefficient (Wildman–Crippen LogP) is 2.71. The molecular formula is C13H17ClFNO2. The molecule has 0 fully saturated rings. The number of carbonyl (C=O) groups is 1. The number of aliphatic hydroxyl groups excluding tert-OH is 1. The van der Waals surface area contributed by atoms with Gasteiger partial charge in [-0.3, -0.25) is 4.79 Å². The van der Waals surface area contributed by atoms with E-state index in [1.54, 1.807) is 7.05 Å². The highest BCUT2D eigenvalue weighted by molar-refractivity contribution is 6.33. The predicted molar refractivity (Wildman–Crippen MR) is 69.3 cm³/mol. The number of hydrogen-bond acceptors (Lipinski definition) is 2. The molecule has 1 amide bonds. The number of benzene rings is 1. The van der Waals surface area contributed by atoms with Gasteiger partial charge >= 0.3 is 0 Å². The molecule has 1 aromatic carbocycles. The van der Waals surface area contributed by atoms with Crippen LogP contribution in [-0.4, -0.2) is 36.1 Å². The van der Waals surface area contributed by atoms with Gasteiger partial charge in [0.2, 0.25) is 0 Å². The molecule has 1 rings (SSSR count). The van der Waals surface area contributed by atoms with Gasteiger partial charge in [0.15, 0.2) is 0 Å². The van der Waals surface area contributed by atoms with Crippen molar-refractivity contribution in [2.45, 2.75) is 19.3 Å². The van der Waals surface area contributed by atoms with Crippen LogP contribution in [0.5, 0.6) is 0 Å². The molecule has 0 saturated heterocycles. The van der Waals surface area contributed by atoms with E-state index in [1.165, 1.54) is 23.1 Å². The van der Waals surface area contributed by atoms with E-state index in [0.717, 1.165) is 19.3 Å².